The summed E-state index contributed by atoms with van der Waals surface area (Å²) in [4.78, 5) is 5.92. The van der Waals surface area contributed by atoms with E-state index in [1.165, 1.54) is 16.8 Å². The Labute approximate surface area is 130 Å². The van der Waals surface area contributed by atoms with Crippen molar-refractivity contribution in [1.82, 2.24) is 9.38 Å². The van der Waals surface area contributed by atoms with E-state index >= 15 is 0 Å². The number of alkyl halides is 3. The van der Waals surface area contributed by atoms with Crippen molar-refractivity contribution in [3.63, 3.8) is 0 Å². The third-order valence-electron chi connectivity index (χ3n) is 4.51. The lowest BCUT2D eigenvalue weighted by Crippen LogP contribution is -2.45. The Kier molecular flexibility index (Phi) is 3.28. The molecule has 0 amide bonds. The third-order valence-corrected chi connectivity index (χ3v) is 4.51. The number of rotatable bonds is 1. The van der Waals surface area contributed by atoms with Crippen molar-refractivity contribution >= 4 is 11.2 Å². The second kappa shape index (κ2) is 5.10. The molecule has 0 unspecified atom stereocenters. The van der Waals surface area contributed by atoms with Crippen LogP contribution in [0, 0.1) is 0 Å². The minimum Gasteiger partial charge on any atom is -0.369 e. The maximum atomic E-state index is 13.1. The van der Waals surface area contributed by atoms with Crippen LogP contribution in [-0.2, 0) is 15.7 Å². The number of ether oxygens (including phenoxy) is 2. The summed E-state index contributed by atoms with van der Waals surface area (Å²) in [5.41, 5.74) is 0.541. The van der Waals surface area contributed by atoms with E-state index in [2.05, 4.69) is 4.98 Å². The van der Waals surface area contributed by atoms with Crippen molar-refractivity contribution < 1.29 is 22.6 Å². The Balaban J connectivity index is 1.67. The number of fused-ring (bicyclic) bond motifs is 1. The summed E-state index contributed by atoms with van der Waals surface area (Å²) in [6, 6.07) is 1.20. The molecular weight excluding hydrogens is 311 g/mol. The Morgan fingerprint density at radius 2 is 1.83 bits per heavy atom. The highest BCUT2D eigenvalue weighted by Gasteiger charge is 2.40. The zero-order chi connectivity index (χ0) is 16.1. The van der Waals surface area contributed by atoms with Crippen LogP contribution in [0.3, 0.4) is 0 Å². The van der Waals surface area contributed by atoms with Gasteiger partial charge in [0.2, 0.25) is 0 Å². The summed E-state index contributed by atoms with van der Waals surface area (Å²) in [5.74, 6) is -0.547. The van der Waals surface area contributed by atoms with Crippen molar-refractivity contribution in [1.29, 1.82) is 0 Å². The average Bonchev–Trinajstić information content (AvgIpc) is 3.15. The molecule has 2 aromatic heterocycles. The lowest BCUT2D eigenvalue weighted by Gasteiger charge is -2.39. The minimum atomic E-state index is -4.39. The fourth-order valence-electron chi connectivity index (χ4n) is 3.30. The van der Waals surface area contributed by atoms with Gasteiger partial charge in [0.05, 0.1) is 42.5 Å². The van der Waals surface area contributed by atoms with Gasteiger partial charge in [-0.05, 0) is 6.07 Å². The Morgan fingerprint density at radius 3 is 2.48 bits per heavy atom. The van der Waals surface area contributed by atoms with Gasteiger partial charge in [0.15, 0.2) is 5.79 Å². The predicted octanol–water partition coefficient (Wildman–Crippen LogP) is 2.70. The summed E-state index contributed by atoms with van der Waals surface area (Å²) in [6.07, 6.45) is 0.945. The second-order valence-corrected chi connectivity index (χ2v) is 5.89. The van der Waals surface area contributed by atoms with Gasteiger partial charge in [-0.2, -0.15) is 13.2 Å². The first kappa shape index (κ1) is 14.8. The quantitative estimate of drug-likeness (QED) is 0.807. The highest BCUT2D eigenvalue weighted by atomic mass is 19.4. The number of nitrogens with zero attached hydrogens (tertiary/aromatic N) is 3. The molecular formula is C15H16F3N3O2. The number of hydrogen-bond donors (Lipinski definition) is 0. The number of anilines is 1. The van der Waals surface area contributed by atoms with E-state index in [1.807, 2.05) is 4.90 Å². The van der Waals surface area contributed by atoms with Gasteiger partial charge >= 0.3 is 6.18 Å². The van der Waals surface area contributed by atoms with E-state index in [4.69, 9.17) is 9.47 Å². The molecule has 0 bridgehead atoms. The molecule has 124 valence electrons. The van der Waals surface area contributed by atoms with Gasteiger partial charge in [-0.25, -0.2) is 4.98 Å². The molecule has 2 aliphatic heterocycles. The standard InChI is InChI=1S/C15H16F3N3O2/c16-15(17,18)11-7-12(13-8-19-10-21(13)9-11)20-3-1-14(2-4-20)22-5-6-23-14/h7-10H,1-6H2. The van der Waals surface area contributed by atoms with Gasteiger partial charge in [-0.1, -0.05) is 0 Å². The van der Waals surface area contributed by atoms with Crippen LogP contribution >= 0.6 is 0 Å². The van der Waals surface area contributed by atoms with Crippen LogP contribution in [0.4, 0.5) is 18.9 Å². The Bertz CT molecular complexity index is 712. The first-order chi connectivity index (χ1) is 11.0. The molecule has 8 heteroatoms. The van der Waals surface area contributed by atoms with E-state index in [0.717, 1.165) is 6.20 Å². The summed E-state index contributed by atoms with van der Waals surface area (Å²) in [6.45, 7) is 2.33. The summed E-state index contributed by atoms with van der Waals surface area (Å²) in [5, 5.41) is 0. The van der Waals surface area contributed by atoms with Gasteiger partial charge in [-0.3, -0.25) is 0 Å². The molecule has 0 aliphatic carbocycles. The second-order valence-electron chi connectivity index (χ2n) is 5.89. The molecule has 5 nitrogen and oxygen atoms in total. The molecule has 0 saturated carbocycles. The third kappa shape index (κ3) is 2.55. The van der Waals surface area contributed by atoms with Crippen LogP contribution in [0.15, 0.2) is 24.8 Å². The monoisotopic (exact) mass is 327 g/mol. The topological polar surface area (TPSA) is 39.0 Å². The molecule has 4 rings (SSSR count). The smallest absolute Gasteiger partial charge is 0.369 e. The van der Waals surface area contributed by atoms with Crippen molar-refractivity contribution in [2.75, 3.05) is 31.2 Å². The van der Waals surface area contributed by atoms with E-state index in [0.29, 0.717) is 50.3 Å². The molecule has 0 atom stereocenters. The van der Waals surface area contributed by atoms with Gasteiger partial charge in [0.1, 0.15) is 0 Å². The molecule has 23 heavy (non-hydrogen) atoms. The SMILES string of the molecule is FC(F)(F)c1cc(N2CCC3(CC2)OCCO3)c2cncn2c1. The van der Waals surface area contributed by atoms with Crippen molar-refractivity contribution in [2.24, 2.45) is 0 Å². The first-order valence-electron chi connectivity index (χ1n) is 7.53. The molecule has 0 aromatic carbocycles. The molecule has 2 fully saturated rings. The maximum absolute atomic E-state index is 13.1. The number of imidazole rings is 1. The number of piperidine rings is 1. The van der Waals surface area contributed by atoms with E-state index in [-0.39, 0.29) is 0 Å². The van der Waals surface area contributed by atoms with Gasteiger partial charge < -0.3 is 18.8 Å². The van der Waals surface area contributed by atoms with Crippen LogP contribution in [0.5, 0.6) is 0 Å². The lowest BCUT2D eigenvalue weighted by atomic mass is 10.0. The predicted molar refractivity (Wildman–Crippen MR) is 76.3 cm³/mol. The summed E-state index contributed by atoms with van der Waals surface area (Å²) >= 11 is 0. The maximum Gasteiger partial charge on any atom is 0.417 e. The Hall–Kier alpha value is -1.80. The van der Waals surface area contributed by atoms with Crippen LogP contribution in [0.2, 0.25) is 0 Å². The average molecular weight is 327 g/mol. The van der Waals surface area contributed by atoms with Crippen LogP contribution in [0.1, 0.15) is 18.4 Å². The van der Waals surface area contributed by atoms with E-state index < -0.39 is 17.5 Å². The molecule has 2 saturated heterocycles. The fraction of sp³-hybridized carbons (Fsp3) is 0.533. The van der Waals surface area contributed by atoms with Gasteiger partial charge in [0, 0.05) is 32.1 Å². The van der Waals surface area contributed by atoms with Crippen LogP contribution < -0.4 is 4.90 Å². The Morgan fingerprint density at radius 1 is 1.13 bits per heavy atom. The fourth-order valence-corrected chi connectivity index (χ4v) is 3.30. The van der Waals surface area contributed by atoms with Crippen molar-refractivity contribution in [3.8, 4) is 0 Å². The highest BCUT2D eigenvalue weighted by molar-refractivity contribution is 5.73. The van der Waals surface area contributed by atoms with Crippen LogP contribution in [-0.4, -0.2) is 41.5 Å². The zero-order valence-electron chi connectivity index (χ0n) is 12.3. The molecule has 4 heterocycles. The number of aromatic nitrogens is 2. The minimum absolute atomic E-state index is 0.546. The largest absolute Gasteiger partial charge is 0.417 e. The van der Waals surface area contributed by atoms with E-state index in [9.17, 15) is 13.2 Å². The van der Waals surface area contributed by atoms with E-state index in [1.54, 1.807) is 6.20 Å². The molecule has 1 spiro atoms. The zero-order valence-corrected chi connectivity index (χ0v) is 12.3. The van der Waals surface area contributed by atoms with Crippen molar-refractivity contribution in [3.05, 3.63) is 30.4 Å². The van der Waals surface area contributed by atoms with Crippen LogP contribution in [0.25, 0.3) is 5.52 Å². The molecule has 0 N–H and O–H groups in total. The lowest BCUT2D eigenvalue weighted by molar-refractivity contribution is -0.169. The molecule has 2 aromatic rings. The molecule has 0 radical (unpaired) electrons. The number of halogens is 3. The summed E-state index contributed by atoms with van der Waals surface area (Å²) in [7, 11) is 0. The van der Waals surface area contributed by atoms with Crippen molar-refractivity contribution in [2.45, 2.75) is 24.8 Å². The highest BCUT2D eigenvalue weighted by Crippen LogP contribution is 2.37. The van der Waals surface area contributed by atoms with Gasteiger partial charge in [-0.15, -0.1) is 0 Å². The van der Waals surface area contributed by atoms with Gasteiger partial charge in [0.25, 0.3) is 0 Å². The first-order valence-corrected chi connectivity index (χ1v) is 7.53. The summed E-state index contributed by atoms with van der Waals surface area (Å²) < 4.78 is 52.1. The normalized spacial score (nSPS) is 21.4. The number of pyridine rings is 1. The molecule has 2 aliphatic rings. The number of hydrogen-bond acceptors (Lipinski definition) is 4.